The number of fused-ring (bicyclic) bond motifs is 1. The monoisotopic (exact) mass is 282 g/mol. The number of rotatable bonds is 5. The second kappa shape index (κ2) is 5.72. The molecule has 102 valence electrons. The fourth-order valence-corrected chi connectivity index (χ4v) is 2.69. The lowest BCUT2D eigenvalue weighted by Gasteiger charge is -2.12. The Bertz CT molecular complexity index is 619. The molecule has 3 N–H and O–H groups in total. The molecule has 19 heavy (non-hydrogen) atoms. The number of ether oxygens (including phenoxy) is 1. The largest absolute Gasteiger partial charge is 0.491 e. The predicted octanol–water partition coefficient (Wildman–Crippen LogP) is 1.89. The third-order valence-electron chi connectivity index (χ3n) is 2.70. The van der Waals surface area contributed by atoms with E-state index in [2.05, 4.69) is 0 Å². The van der Waals surface area contributed by atoms with Gasteiger partial charge in [0.25, 0.3) is 0 Å². The number of hydrogen-bond donors (Lipinski definition) is 3. The van der Waals surface area contributed by atoms with E-state index in [1.807, 2.05) is 12.1 Å². The van der Waals surface area contributed by atoms with Crippen molar-refractivity contribution < 1.29 is 24.2 Å². The van der Waals surface area contributed by atoms with Gasteiger partial charge in [0.2, 0.25) is 0 Å². The molecule has 0 aliphatic rings. The van der Waals surface area contributed by atoms with Crippen molar-refractivity contribution in [1.82, 2.24) is 0 Å². The lowest BCUT2D eigenvalue weighted by Crippen LogP contribution is -2.02. The Morgan fingerprint density at radius 3 is 2.37 bits per heavy atom. The van der Waals surface area contributed by atoms with Gasteiger partial charge in [-0.3, -0.25) is 4.57 Å². The third kappa shape index (κ3) is 3.55. The number of benzene rings is 2. The molecular formula is C13H15O5P. The van der Waals surface area contributed by atoms with Gasteiger partial charge in [0, 0.05) is 5.39 Å². The first kappa shape index (κ1) is 14.0. The van der Waals surface area contributed by atoms with Crippen molar-refractivity contribution in [1.29, 1.82) is 0 Å². The first-order valence-corrected chi connectivity index (χ1v) is 7.60. The molecule has 0 spiro atoms. The van der Waals surface area contributed by atoms with E-state index in [-0.39, 0.29) is 19.4 Å². The van der Waals surface area contributed by atoms with Gasteiger partial charge in [-0.2, -0.15) is 0 Å². The van der Waals surface area contributed by atoms with Crippen LogP contribution in [-0.4, -0.2) is 28.1 Å². The fraction of sp³-hybridized carbons (Fsp3) is 0.231. The lowest BCUT2D eigenvalue weighted by atomic mass is 10.0. The average Bonchev–Trinajstić information content (AvgIpc) is 2.36. The summed E-state index contributed by atoms with van der Waals surface area (Å²) in [4.78, 5) is 18.2. The van der Waals surface area contributed by atoms with Gasteiger partial charge >= 0.3 is 7.60 Å². The van der Waals surface area contributed by atoms with Crippen LogP contribution >= 0.6 is 7.60 Å². The Morgan fingerprint density at radius 1 is 1.05 bits per heavy atom. The van der Waals surface area contributed by atoms with Crippen molar-refractivity contribution in [2.45, 2.75) is 6.16 Å². The van der Waals surface area contributed by atoms with E-state index in [0.29, 0.717) is 11.3 Å². The topological polar surface area (TPSA) is 87.0 Å². The standard InChI is InChI=1S/C13H15O5P/c14-7-8-18-13-6-5-10(9-19(15,16)17)11-3-1-2-4-12(11)13/h1-6,14H,7-9H2,(H2,15,16,17). The smallest absolute Gasteiger partial charge is 0.329 e. The zero-order valence-corrected chi connectivity index (χ0v) is 11.1. The van der Waals surface area contributed by atoms with Gasteiger partial charge in [-0.1, -0.05) is 30.3 Å². The van der Waals surface area contributed by atoms with Crippen LogP contribution in [0.1, 0.15) is 5.56 Å². The summed E-state index contributed by atoms with van der Waals surface area (Å²) in [6, 6.07) is 10.6. The van der Waals surface area contributed by atoms with Crippen molar-refractivity contribution in [3.05, 3.63) is 42.0 Å². The summed E-state index contributed by atoms with van der Waals surface area (Å²) in [5, 5.41) is 10.3. The first-order valence-electron chi connectivity index (χ1n) is 5.80. The molecule has 5 nitrogen and oxygen atoms in total. The SMILES string of the molecule is O=P(O)(O)Cc1ccc(OCCO)c2ccccc12. The molecule has 0 radical (unpaired) electrons. The van der Waals surface area contributed by atoms with Crippen LogP contribution in [0.3, 0.4) is 0 Å². The van der Waals surface area contributed by atoms with Crippen LogP contribution < -0.4 is 4.74 Å². The normalized spacial score (nSPS) is 11.7. The highest BCUT2D eigenvalue weighted by Gasteiger charge is 2.17. The quantitative estimate of drug-likeness (QED) is 0.729. The molecule has 6 heteroatoms. The van der Waals surface area contributed by atoms with Crippen LogP contribution in [0.15, 0.2) is 36.4 Å². The van der Waals surface area contributed by atoms with Gasteiger partial charge in [-0.25, -0.2) is 0 Å². The second-order valence-corrected chi connectivity index (χ2v) is 5.81. The molecule has 0 fully saturated rings. The lowest BCUT2D eigenvalue weighted by molar-refractivity contribution is 0.203. The van der Waals surface area contributed by atoms with Crippen molar-refractivity contribution in [2.24, 2.45) is 0 Å². The fourth-order valence-electron chi connectivity index (χ4n) is 1.98. The number of hydrogen-bond acceptors (Lipinski definition) is 3. The molecule has 0 atom stereocenters. The Hall–Kier alpha value is -1.39. The van der Waals surface area contributed by atoms with E-state index < -0.39 is 7.60 Å². The van der Waals surface area contributed by atoms with Gasteiger partial charge < -0.3 is 19.6 Å². The minimum absolute atomic E-state index is 0.0848. The van der Waals surface area contributed by atoms with Crippen molar-refractivity contribution >= 4 is 18.4 Å². The van der Waals surface area contributed by atoms with E-state index in [1.54, 1.807) is 24.3 Å². The van der Waals surface area contributed by atoms with E-state index >= 15 is 0 Å². The van der Waals surface area contributed by atoms with Crippen molar-refractivity contribution in [3.8, 4) is 5.75 Å². The van der Waals surface area contributed by atoms with Crippen molar-refractivity contribution in [2.75, 3.05) is 13.2 Å². The molecule has 0 aromatic heterocycles. The van der Waals surface area contributed by atoms with Crippen LogP contribution in [0.2, 0.25) is 0 Å². The van der Waals surface area contributed by atoms with Gasteiger partial charge in [-0.15, -0.1) is 0 Å². The summed E-state index contributed by atoms with van der Waals surface area (Å²) >= 11 is 0. The Labute approximate surface area is 110 Å². The van der Waals surface area contributed by atoms with E-state index in [4.69, 9.17) is 19.6 Å². The van der Waals surface area contributed by atoms with Crippen LogP contribution in [0.5, 0.6) is 5.75 Å². The van der Waals surface area contributed by atoms with Gasteiger partial charge in [0.05, 0.1) is 12.8 Å². The summed E-state index contributed by atoms with van der Waals surface area (Å²) in [7, 11) is -4.11. The maximum absolute atomic E-state index is 11.1. The molecule has 2 aromatic carbocycles. The van der Waals surface area contributed by atoms with Crippen molar-refractivity contribution in [3.63, 3.8) is 0 Å². The second-order valence-electron chi connectivity index (χ2n) is 4.16. The van der Waals surface area contributed by atoms with Crippen LogP contribution in [-0.2, 0) is 10.7 Å². The summed E-state index contributed by atoms with van der Waals surface area (Å²) in [5.41, 5.74) is 0.584. The average molecular weight is 282 g/mol. The Kier molecular flexibility index (Phi) is 4.22. The zero-order valence-electron chi connectivity index (χ0n) is 10.2. The summed E-state index contributed by atoms with van der Waals surface area (Å²) < 4.78 is 16.5. The summed E-state index contributed by atoms with van der Waals surface area (Å²) in [5.74, 6) is 0.596. The maximum atomic E-state index is 11.1. The molecule has 0 heterocycles. The summed E-state index contributed by atoms with van der Waals surface area (Å²) in [6.45, 7) is 0.0976. The highest BCUT2D eigenvalue weighted by molar-refractivity contribution is 7.50. The van der Waals surface area contributed by atoms with Gasteiger partial charge in [0.15, 0.2) is 0 Å². The zero-order chi connectivity index (χ0) is 13.9. The number of aliphatic hydroxyl groups is 1. The van der Waals surface area contributed by atoms with E-state index in [9.17, 15) is 4.57 Å². The molecule has 0 unspecified atom stereocenters. The Morgan fingerprint density at radius 2 is 1.74 bits per heavy atom. The molecule has 0 saturated carbocycles. The van der Waals surface area contributed by atoms with Crippen LogP contribution in [0.25, 0.3) is 10.8 Å². The van der Waals surface area contributed by atoms with Gasteiger partial charge in [0.1, 0.15) is 12.4 Å². The number of aliphatic hydroxyl groups excluding tert-OH is 1. The first-order chi connectivity index (χ1) is 9.01. The molecular weight excluding hydrogens is 267 g/mol. The third-order valence-corrected chi connectivity index (χ3v) is 3.45. The van der Waals surface area contributed by atoms with Crippen LogP contribution in [0.4, 0.5) is 0 Å². The minimum Gasteiger partial charge on any atom is -0.491 e. The van der Waals surface area contributed by atoms with Gasteiger partial charge in [-0.05, 0) is 17.0 Å². The predicted molar refractivity (Wildman–Crippen MR) is 72.3 cm³/mol. The van der Waals surface area contributed by atoms with Crippen LogP contribution in [0, 0.1) is 0 Å². The van der Waals surface area contributed by atoms with E-state index in [1.165, 1.54) is 0 Å². The highest BCUT2D eigenvalue weighted by atomic mass is 31.2. The molecule has 0 bridgehead atoms. The maximum Gasteiger partial charge on any atom is 0.329 e. The minimum atomic E-state index is -4.11. The van der Waals surface area contributed by atoms with E-state index in [0.717, 1.165) is 10.8 Å². The molecule has 2 aromatic rings. The molecule has 2 rings (SSSR count). The highest BCUT2D eigenvalue weighted by Crippen LogP contribution is 2.42. The summed E-state index contributed by atoms with van der Waals surface area (Å²) in [6.07, 6.45) is -0.298. The molecule has 0 saturated heterocycles. The molecule has 0 aliphatic heterocycles. The Balaban J connectivity index is 2.48. The molecule has 0 aliphatic carbocycles. The molecule has 0 amide bonds.